The molecule has 0 radical (unpaired) electrons. The van der Waals surface area contributed by atoms with Gasteiger partial charge < -0.3 is 19.7 Å². The van der Waals surface area contributed by atoms with Gasteiger partial charge in [0.15, 0.2) is 11.5 Å². The van der Waals surface area contributed by atoms with Crippen LogP contribution in [0, 0.1) is 0 Å². The minimum Gasteiger partial charge on any atom is -0.454 e. The Morgan fingerprint density at radius 1 is 1.00 bits per heavy atom. The Labute approximate surface area is 184 Å². The lowest BCUT2D eigenvalue weighted by atomic mass is 10.1. The Kier molecular flexibility index (Phi) is 5.26. The molecule has 1 N–H and O–H groups in total. The molecule has 0 aliphatic carbocycles. The molecule has 7 heteroatoms. The first-order chi connectivity index (χ1) is 15.2. The highest BCUT2D eigenvalue weighted by molar-refractivity contribution is 7.99. The summed E-state index contributed by atoms with van der Waals surface area (Å²) in [6.07, 6.45) is 0.275. The number of thioether (sulfide) groups is 1. The van der Waals surface area contributed by atoms with Crippen molar-refractivity contribution in [3.63, 3.8) is 0 Å². The van der Waals surface area contributed by atoms with Gasteiger partial charge in [-0.3, -0.25) is 9.59 Å². The standard InChI is InChI=1S/C24H20N2O4S/c27-23(25-17-6-2-1-3-7-17)14-26-18-8-4-5-9-21(18)31-22(13-24(26)28)16-10-11-19-20(12-16)30-15-29-19/h1-12,22H,13-15H2,(H,25,27). The molecule has 1 unspecified atom stereocenters. The van der Waals surface area contributed by atoms with Gasteiger partial charge in [-0.15, -0.1) is 11.8 Å². The summed E-state index contributed by atoms with van der Waals surface area (Å²) < 4.78 is 10.9. The van der Waals surface area contributed by atoms with E-state index in [-0.39, 0.29) is 36.8 Å². The summed E-state index contributed by atoms with van der Waals surface area (Å²) in [4.78, 5) is 28.5. The molecule has 2 amide bonds. The van der Waals surface area contributed by atoms with Gasteiger partial charge in [0.1, 0.15) is 6.54 Å². The number of carbonyl (C=O) groups excluding carboxylic acids is 2. The molecule has 2 aliphatic heterocycles. The van der Waals surface area contributed by atoms with Crippen LogP contribution in [0.5, 0.6) is 11.5 Å². The van der Waals surface area contributed by atoms with Crippen molar-refractivity contribution < 1.29 is 19.1 Å². The first-order valence-electron chi connectivity index (χ1n) is 9.98. The van der Waals surface area contributed by atoms with Gasteiger partial charge in [0.2, 0.25) is 18.6 Å². The van der Waals surface area contributed by atoms with E-state index in [1.54, 1.807) is 16.7 Å². The zero-order chi connectivity index (χ0) is 21.2. The summed E-state index contributed by atoms with van der Waals surface area (Å²) in [5.74, 6) is 1.08. The Hall–Kier alpha value is -3.45. The quantitative estimate of drug-likeness (QED) is 0.651. The highest BCUT2D eigenvalue weighted by atomic mass is 32.2. The van der Waals surface area contributed by atoms with Gasteiger partial charge in [-0.05, 0) is 42.0 Å². The molecule has 5 rings (SSSR count). The lowest BCUT2D eigenvalue weighted by molar-refractivity contribution is -0.121. The fourth-order valence-electron chi connectivity index (χ4n) is 3.72. The highest BCUT2D eigenvalue weighted by Gasteiger charge is 2.31. The number of para-hydroxylation sites is 2. The van der Waals surface area contributed by atoms with Gasteiger partial charge in [-0.1, -0.05) is 36.4 Å². The van der Waals surface area contributed by atoms with Crippen LogP contribution in [0.3, 0.4) is 0 Å². The predicted molar refractivity (Wildman–Crippen MR) is 120 cm³/mol. The third-order valence-electron chi connectivity index (χ3n) is 5.21. The van der Waals surface area contributed by atoms with Crippen LogP contribution >= 0.6 is 11.8 Å². The van der Waals surface area contributed by atoms with Crippen LogP contribution in [0.25, 0.3) is 0 Å². The van der Waals surface area contributed by atoms with Gasteiger partial charge >= 0.3 is 0 Å². The highest BCUT2D eigenvalue weighted by Crippen LogP contribution is 2.47. The second-order valence-corrected chi connectivity index (χ2v) is 8.53. The maximum Gasteiger partial charge on any atom is 0.244 e. The molecule has 1 atom stereocenters. The van der Waals surface area contributed by atoms with Crippen molar-refractivity contribution in [1.29, 1.82) is 0 Å². The second kappa shape index (κ2) is 8.35. The number of hydrogen-bond donors (Lipinski definition) is 1. The van der Waals surface area contributed by atoms with Crippen molar-refractivity contribution in [3.8, 4) is 11.5 Å². The monoisotopic (exact) mass is 432 g/mol. The molecule has 0 saturated heterocycles. The van der Waals surface area contributed by atoms with E-state index < -0.39 is 0 Å². The lowest BCUT2D eigenvalue weighted by Crippen LogP contribution is -2.38. The largest absolute Gasteiger partial charge is 0.454 e. The van der Waals surface area contributed by atoms with Crippen molar-refractivity contribution in [2.45, 2.75) is 16.6 Å². The van der Waals surface area contributed by atoms with E-state index >= 15 is 0 Å². The predicted octanol–water partition coefficient (Wildman–Crippen LogP) is 4.62. The molecular weight excluding hydrogens is 412 g/mol. The summed E-state index contributed by atoms with van der Waals surface area (Å²) in [5, 5.41) is 2.77. The second-order valence-electron chi connectivity index (χ2n) is 7.29. The first kappa shape index (κ1) is 19.5. The van der Waals surface area contributed by atoms with E-state index in [0.717, 1.165) is 16.1 Å². The fourth-order valence-corrected chi connectivity index (χ4v) is 4.99. The number of carbonyl (C=O) groups is 2. The van der Waals surface area contributed by atoms with Gasteiger partial charge in [0.05, 0.1) is 5.69 Å². The molecule has 3 aromatic carbocycles. The molecule has 31 heavy (non-hydrogen) atoms. The molecule has 0 saturated carbocycles. The van der Waals surface area contributed by atoms with Crippen molar-refractivity contribution in [2.75, 3.05) is 23.6 Å². The van der Waals surface area contributed by atoms with Crippen LogP contribution < -0.4 is 19.7 Å². The Balaban J connectivity index is 1.41. The van der Waals surface area contributed by atoms with Crippen molar-refractivity contribution in [3.05, 3.63) is 78.4 Å². The average molecular weight is 433 g/mol. The number of hydrogen-bond acceptors (Lipinski definition) is 5. The molecule has 0 spiro atoms. The van der Waals surface area contributed by atoms with Crippen LogP contribution in [-0.2, 0) is 9.59 Å². The smallest absolute Gasteiger partial charge is 0.244 e. The molecule has 2 aliphatic rings. The van der Waals surface area contributed by atoms with E-state index in [0.29, 0.717) is 17.2 Å². The van der Waals surface area contributed by atoms with Gasteiger partial charge in [-0.2, -0.15) is 0 Å². The molecule has 0 fully saturated rings. The number of nitrogens with zero attached hydrogens (tertiary/aromatic N) is 1. The fraction of sp³-hybridized carbons (Fsp3) is 0.167. The molecule has 0 aromatic heterocycles. The summed E-state index contributed by atoms with van der Waals surface area (Å²) in [6, 6.07) is 22.7. The van der Waals surface area contributed by atoms with Crippen molar-refractivity contribution in [2.24, 2.45) is 0 Å². The number of fused-ring (bicyclic) bond motifs is 2. The number of rotatable bonds is 4. The molecule has 3 aromatic rings. The first-order valence-corrected chi connectivity index (χ1v) is 10.9. The number of nitrogens with one attached hydrogen (secondary N) is 1. The molecule has 2 heterocycles. The van der Waals surface area contributed by atoms with Gasteiger partial charge in [-0.25, -0.2) is 0 Å². The van der Waals surface area contributed by atoms with E-state index in [2.05, 4.69) is 5.32 Å². The normalized spacial score (nSPS) is 17.1. The van der Waals surface area contributed by atoms with Crippen molar-refractivity contribution >= 4 is 35.0 Å². The minimum atomic E-state index is -0.235. The third-order valence-corrected chi connectivity index (χ3v) is 6.54. The van der Waals surface area contributed by atoms with E-state index in [9.17, 15) is 9.59 Å². The molecule has 156 valence electrons. The Morgan fingerprint density at radius 3 is 2.65 bits per heavy atom. The number of ether oxygens (including phenoxy) is 2. The summed E-state index contributed by atoms with van der Waals surface area (Å²) >= 11 is 1.62. The van der Waals surface area contributed by atoms with E-state index in [1.807, 2.05) is 72.8 Å². The zero-order valence-electron chi connectivity index (χ0n) is 16.6. The molecule has 6 nitrogen and oxygen atoms in total. The number of benzene rings is 3. The van der Waals surface area contributed by atoms with Crippen LogP contribution in [-0.4, -0.2) is 25.2 Å². The lowest BCUT2D eigenvalue weighted by Gasteiger charge is -2.22. The topological polar surface area (TPSA) is 67.9 Å². The summed E-state index contributed by atoms with van der Waals surface area (Å²) in [5.41, 5.74) is 2.45. The third kappa shape index (κ3) is 4.09. The van der Waals surface area contributed by atoms with Gasteiger partial charge in [0.25, 0.3) is 0 Å². The molecule has 0 bridgehead atoms. The van der Waals surface area contributed by atoms with Gasteiger partial charge in [0, 0.05) is 22.3 Å². The maximum atomic E-state index is 13.3. The summed E-state index contributed by atoms with van der Waals surface area (Å²) in [7, 11) is 0. The average Bonchev–Trinajstić information content (AvgIpc) is 3.21. The van der Waals surface area contributed by atoms with Crippen LogP contribution in [0.1, 0.15) is 17.2 Å². The van der Waals surface area contributed by atoms with Crippen molar-refractivity contribution in [1.82, 2.24) is 0 Å². The number of amides is 2. The summed E-state index contributed by atoms with van der Waals surface area (Å²) in [6.45, 7) is 0.168. The van der Waals surface area contributed by atoms with Crippen LogP contribution in [0.2, 0.25) is 0 Å². The Morgan fingerprint density at radius 2 is 1.77 bits per heavy atom. The SMILES string of the molecule is O=C(CN1C(=O)CC(c2ccc3c(c2)OCO3)Sc2ccccc21)Nc1ccccc1. The molecular formula is C24H20N2O4S. The zero-order valence-corrected chi connectivity index (χ0v) is 17.4. The van der Waals surface area contributed by atoms with Crippen LogP contribution in [0.4, 0.5) is 11.4 Å². The van der Waals surface area contributed by atoms with E-state index in [4.69, 9.17) is 9.47 Å². The maximum absolute atomic E-state index is 13.3. The van der Waals surface area contributed by atoms with Crippen LogP contribution in [0.15, 0.2) is 77.7 Å². The Bertz CT molecular complexity index is 1140. The minimum absolute atomic E-state index is 0.0425. The van der Waals surface area contributed by atoms with E-state index in [1.165, 1.54) is 0 Å². The number of anilines is 2.